The van der Waals surface area contributed by atoms with Crippen LogP contribution in [-0.2, 0) is 14.3 Å². The third-order valence-electron chi connectivity index (χ3n) is 4.24. The average Bonchev–Trinajstić information content (AvgIpc) is 2.81. The Balaban J connectivity index is 1.59. The zero-order chi connectivity index (χ0) is 13.1. The van der Waals surface area contributed by atoms with Crippen LogP contribution in [0.1, 0.15) is 37.2 Å². The SMILES string of the molecule is CC(C)OC(=O)C=C1C2[C@@H]3O[C@@H](c4ccccc43)[C@H]12. The lowest BCUT2D eigenvalue weighted by molar-refractivity contribution is -0.141. The van der Waals surface area contributed by atoms with E-state index in [1.165, 1.54) is 16.7 Å². The first-order valence-corrected chi connectivity index (χ1v) is 6.83. The molecule has 0 amide bonds. The van der Waals surface area contributed by atoms with Crippen molar-refractivity contribution in [1.29, 1.82) is 0 Å². The molecule has 1 unspecified atom stereocenters. The van der Waals surface area contributed by atoms with E-state index in [2.05, 4.69) is 24.3 Å². The van der Waals surface area contributed by atoms with E-state index in [1.54, 1.807) is 6.08 Å². The number of fused-ring (bicyclic) bond motifs is 8. The average molecular weight is 256 g/mol. The Morgan fingerprint density at radius 1 is 1.21 bits per heavy atom. The van der Waals surface area contributed by atoms with Crippen LogP contribution in [-0.4, -0.2) is 12.1 Å². The largest absolute Gasteiger partial charge is 0.460 e. The van der Waals surface area contributed by atoms with Crippen molar-refractivity contribution in [2.45, 2.75) is 32.2 Å². The third-order valence-corrected chi connectivity index (χ3v) is 4.24. The molecule has 0 spiro atoms. The van der Waals surface area contributed by atoms with Crippen LogP contribution in [0.5, 0.6) is 0 Å². The summed E-state index contributed by atoms with van der Waals surface area (Å²) in [6.45, 7) is 3.74. The topological polar surface area (TPSA) is 35.5 Å². The van der Waals surface area contributed by atoms with Gasteiger partial charge >= 0.3 is 5.97 Å². The number of benzene rings is 1. The minimum absolute atomic E-state index is 0.0619. The van der Waals surface area contributed by atoms with E-state index in [9.17, 15) is 4.79 Å². The lowest BCUT2D eigenvalue weighted by atomic mass is 9.92. The Morgan fingerprint density at radius 3 is 2.32 bits per heavy atom. The lowest BCUT2D eigenvalue weighted by Gasteiger charge is -2.08. The van der Waals surface area contributed by atoms with E-state index in [0.717, 1.165) is 0 Å². The standard InChI is InChI=1S/C16H16O3/c1-8(2)18-12(17)7-11-13-14(11)16-10-6-4-3-5-9(10)15(13)19-16/h3-8,13-16H,1-2H3/t13-,14?,15+,16-/m1/s1. The van der Waals surface area contributed by atoms with Crippen molar-refractivity contribution in [3.63, 3.8) is 0 Å². The minimum atomic E-state index is -0.220. The maximum atomic E-state index is 11.7. The highest BCUT2D eigenvalue weighted by Gasteiger charge is 2.65. The molecular weight excluding hydrogens is 240 g/mol. The van der Waals surface area contributed by atoms with Crippen molar-refractivity contribution in [2.75, 3.05) is 0 Å². The summed E-state index contributed by atoms with van der Waals surface area (Å²) in [5.74, 6) is 0.585. The van der Waals surface area contributed by atoms with Crippen LogP contribution in [0.25, 0.3) is 0 Å². The summed E-state index contributed by atoms with van der Waals surface area (Å²) in [7, 11) is 0. The molecule has 2 aliphatic heterocycles. The summed E-state index contributed by atoms with van der Waals surface area (Å²) in [5.41, 5.74) is 3.81. The molecule has 1 aliphatic carbocycles. The van der Waals surface area contributed by atoms with Gasteiger partial charge in [0.05, 0.1) is 18.3 Å². The van der Waals surface area contributed by atoms with E-state index >= 15 is 0 Å². The van der Waals surface area contributed by atoms with Crippen LogP contribution in [0.15, 0.2) is 35.9 Å². The number of carbonyl (C=O) groups is 1. The lowest BCUT2D eigenvalue weighted by Crippen LogP contribution is -2.08. The predicted molar refractivity (Wildman–Crippen MR) is 69.3 cm³/mol. The molecular formula is C16H16O3. The molecule has 98 valence electrons. The van der Waals surface area contributed by atoms with Crippen LogP contribution in [0.3, 0.4) is 0 Å². The number of hydrogen-bond acceptors (Lipinski definition) is 3. The maximum absolute atomic E-state index is 11.7. The van der Waals surface area contributed by atoms with Gasteiger partial charge in [0, 0.05) is 17.9 Å². The summed E-state index contributed by atoms with van der Waals surface area (Å²) in [5, 5.41) is 0. The predicted octanol–water partition coefficient (Wildman–Crippen LogP) is 2.94. The van der Waals surface area contributed by atoms with Gasteiger partial charge in [-0.15, -0.1) is 0 Å². The van der Waals surface area contributed by atoms with Gasteiger partial charge in [-0.3, -0.25) is 0 Å². The van der Waals surface area contributed by atoms with E-state index in [4.69, 9.17) is 9.47 Å². The summed E-state index contributed by atoms with van der Waals surface area (Å²) < 4.78 is 11.2. The summed E-state index contributed by atoms with van der Waals surface area (Å²) >= 11 is 0. The fraction of sp³-hybridized carbons (Fsp3) is 0.438. The molecule has 19 heavy (non-hydrogen) atoms. The molecule has 1 aromatic rings. The molecule has 4 atom stereocenters. The molecule has 0 radical (unpaired) electrons. The van der Waals surface area contributed by atoms with E-state index in [1.807, 2.05) is 13.8 Å². The molecule has 1 aromatic carbocycles. The Morgan fingerprint density at radius 2 is 1.79 bits per heavy atom. The van der Waals surface area contributed by atoms with Crippen LogP contribution in [0.2, 0.25) is 0 Å². The molecule has 0 N–H and O–H groups in total. The zero-order valence-corrected chi connectivity index (χ0v) is 11.0. The first kappa shape index (κ1) is 11.2. The third kappa shape index (κ3) is 1.51. The van der Waals surface area contributed by atoms with Gasteiger partial charge in [-0.1, -0.05) is 24.3 Å². The van der Waals surface area contributed by atoms with Crippen LogP contribution < -0.4 is 0 Å². The minimum Gasteiger partial charge on any atom is -0.460 e. The fourth-order valence-corrected chi connectivity index (χ4v) is 3.54. The molecule has 2 fully saturated rings. The van der Waals surface area contributed by atoms with Gasteiger partial charge in [-0.2, -0.15) is 0 Å². The highest BCUT2D eigenvalue weighted by molar-refractivity contribution is 5.84. The quantitative estimate of drug-likeness (QED) is 0.603. The molecule has 3 aliphatic rings. The molecule has 1 saturated heterocycles. The molecule has 3 heteroatoms. The first-order valence-electron chi connectivity index (χ1n) is 6.83. The number of ether oxygens (including phenoxy) is 2. The first-order chi connectivity index (χ1) is 9.16. The van der Waals surface area contributed by atoms with Gasteiger partial charge in [0.2, 0.25) is 0 Å². The molecule has 0 aromatic heterocycles. The van der Waals surface area contributed by atoms with Gasteiger partial charge < -0.3 is 9.47 Å². The molecule has 3 nitrogen and oxygen atoms in total. The van der Waals surface area contributed by atoms with Gasteiger partial charge in [-0.05, 0) is 30.5 Å². The number of esters is 1. The summed E-state index contributed by atoms with van der Waals surface area (Å²) in [6, 6.07) is 8.38. The highest BCUT2D eigenvalue weighted by Crippen LogP contribution is 2.72. The van der Waals surface area contributed by atoms with Crippen LogP contribution >= 0.6 is 0 Å². The van der Waals surface area contributed by atoms with Crippen molar-refractivity contribution in [2.24, 2.45) is 11.8 Å². The molecule has 4 rings (SSSR count). The van der Waals surface area contributed by atoms with Gasteiger partial charge in [-0.25, -0.2) is 4.79 Å². The maximum Gasteiger partial charge on any atom is 0.330 e. The second-order valence-electron chi connectivity index (χ2n) is 5.79. The van der Waals surface area contributed by atoms with E-state index in [-0.39, 0.29) is 24.3 Å². The van der Waals surface area contributed by atoms with E-state index < -0.39 is 0 Å². The molecule has 2 heterocycles. The Labute approximate surface area is 112 Å². The Kier molecular flexibility index (Phi) is 2.19. The number of hydrogen-bond donors (Lipinski definition) is 0. The Hall–Kier alpha value is -1.61. The summed E-state index contributed by atoms with van der Waals surface area (Å²) in [4.78, 5) is 11.7. The fourth-order valence-electron chi connectivity index (χ4n) is 3.54. The smallest absolute Gasteiger partial charge is 0.330 e. The van der Waals surface area contributed by atoms with Gasteiger partial charge in [0.25, 0.3) is 0 Å². The van der Waals surface area contributed by atoms with Gasteiger partial charge in [0.1, 0.15) is 0 Å². The van der Waals surface area contributed by atoms with Crippen molar-refractivity contribution < 1.29 is 14.3 Å². The highest BCUT2D eigenvalue weighted by atomic mass is 16.5. The van der Waals surface area contributed by atoms with E-state index in [0.29, 0.717) is 11.8 Å². The van der Waals surface area contributed by atoms with Gasteiger partial charge in [0.15, 0.2) is 0 Å². The number of carbonyl (C=O) groups excluding carboxylic acids is 1. The van der Waals surface area contributed by atoms with Crippen LogP contribution in [0, 0.1) is 11.8 Å². The molecule has 1 saturated carbocycles. The summed E-state index contributed by atoms with van der Waals surface area (Å²) in [6.07, 6.45) is 1.94. The van der Waals surface area contributed by atoms with Crippen LogP contribution in [0.4, 0.5) is 0 Å². The number of rotatable bonds is 2. The Bertz CT molecular complexity index is 550. The normalized spacial score (nSPS) is 35.4. The zero-order valence-electron chi connectivity index (χ0n) is 11.0. The van der Waals surface area contributed by atoms with Crippen molar-refractivity contribution in [1.82, 2.24) is 0 Å². The second kappa shape index (κ2) is 3.70. The monoisotopic (exact) mass is 256 g/mol. The molecule has 2 bridgehead atoms. The second-order valence-corrected chi connectivity index (χ2v) is 5.79. The van der Waals surface area contributed by atoms with Crippen molar-refractivity contribution >= 4 is 5.97 Å². The van der Waals surface area contributed by atoms with Crippen molar-refractivity contribution in [3.05, 3.63) is 47.0 Å². The van der Waals surface area contributed by atoms with Crippen molar-refractivity contribution in [3.8, 4) is 0 Å².